The van der Waals surface area contributed by atoms with E-state index in [0.29, 0.717) is 11.3 Å². The van der Waals surface area contributed by atoms with E-state index in [1.54, 1.807) is 6.07 Å². The highest BCUT2D eigenvalue weighted by Gasteiger charge is 2.20. The fourth-order valence-electron chi connectivity index (χ4n) is 2.83. The van der Waals surface area contributed by atoms with Crippen molar-refractivity contribution < 1.29 is 8.81 Å². The van der Waals surface area contributed by atoms with Gasteiger partial charge in [-0.3, -0.25) is 0 Å². The van der Waals surface area contributed by atoms with Crippen LogP contribution in [0.4, 0.5) is 4.39 Å². The fraction of sp³-hybridized carbons (Fsp3) is 0.222. The first-order valence-electron chi connectivity index (χ1n) is 6.98. The Morgan fingerprint density at radius 2 is 1.81 bits per heavy atom. The number of nitrogens with two attached hydrogens (primary N) is 1. The zero-order valence-electron chi connectivity index (χ0n) is 12.4. The van der Waals surface area contributed by atoms with Crippen LogP contribution in [0, 0.1) is 26.6 Å². The molecule has 1 atom stereocenters. The van der Waals surface area contributed by atoms with Crippen LogP contribution in [0.1, 0.15) is 34.1 Å². The van der Waals surface area contributed by atoms with Crippen LogP contribution in [0.3, 0.4) is 0 Å². The second-order valence-electron chi connectivity index (χ2n) is 5.57. The van der Waals surface area contributed by atoms with Gasteiger partial charge in [-0.25, -0.2) is 4.39 Å². The highest BCUT2D eigenvalue weighted by atomic mass is 19.1. The van der Waals surface area contributed by atoms with Gasteiger partial charge in [0.2, 0.25) is 0 Å². The number of benzene rings is 2. The van der Waals surface area contributed by atoms with Crippen molar-refractivity contribution >= 4 is 11.0 Å². The zero-order chi connectivity index (χ0) is 15.1. The average Bonchev–Trinajstić information content (AvgIpc) is 2.75. The molecule has 2 aromatic carbocycles. The lowest BCUT2D eigenvalue weighted by Crippen LogP contribution is -2.13. The van der Waals surface area contributed by atoms with Gasteiger partial charge in [0.25, 0.3) is 0 Å². The van der Waals surface area contributed by atoms with Crippen molar-refractivity contribution in [3.05, 3.63) is 70.2 Å². The van der Waals surface area contributed by atoms with E-state index in [4.69, 9.17) is 10.2 Å². The molecule has 0 fully saturated rings. The molecule has 3 heteroatoms. The molecule has 0 saturated carbocycles. The molecule has 108 valence electrons. The van der Waals surface area contributed by atoms with E-state index in [9.17, 15) is 4.39 Å². The van der Waals surface area contributed by atoms with Crippen molar-refractivity contribution in [2.45, 2.75) is 26.8 Å². The molecule has 2 nitrogen and oxygen atoms in total. The number of halogens is 1. The molecule has 1 unspecified atom stereocenters. The lowest BCUT2D eigenvalue weighted by Gasteiger charge is -2.14. The normalized spacial score (nSPS) is 12.8. The SMILES string of the molecule is Cc1ccc(C(N)c2oc3cc(F)ccc3c2C)c(C)c1. The summed E-state index contributed by atoms with van der Waals surface area (Å²) in [5, 5.41) is 0.909. The number of furan rings is 1. The highest BCUT2D eigenvalue weighted by Crippen LogP contribution is 2.33. The van der Waals surface area contributed by atoms with E-state index in [-0.39, 0.29) is 11.9 Å². The molecular formula is C18H18FNO. The topological polar surface area (TPSA) is 39.2 Å². The number of rotatable bonds is 2. The summed E-state index contributed by atoms with van der Waals surface area (Å²) in [5.74, 6) is 0.394. The van der Waals surface area contributed by atoms with Gasteiger partial charge in [-0.1, -0.05) is 23.8 Å². The van der Waals surface area contributed by atoms with Crippen LogP contribution >= 0.6 is 0 Å². The van der Waals surface area contributed by atoms with Gasteiger partial charge in [-0.15, -0.1) is 0 Å². The predicted molar refractivity (Wildman–Crippen MR) is 82.9 cm³/mol. The van der Waals surface area contributed by atoms with Crippen LogP contribution in [0.5, 0.6) is 0 Å². The van der Waals surface area contributed by atoms with Crippen molar-refractivity contribution in [1.29, 1.82) is 0 Å². The Morgan fingerprint density at radius 1 is 1.05 bits per heavy atom. The first kappa shape index (κ1) is 13.8. The van der Waals surface area contributed by atoms with E-state index >= 15 is 0 Å². The Bertz CT molecular complexity index is 819. The summed E-state index contributed by atoms with van der Waals surface area (Å²) in [6, 6.07) is 10.4. The standard InChI is InChI=1S/C18H18FNO/c1-10-4-6-14(11(2)8-10)17(20)18-12(3)15-7-5-13(19)9-16(15)21-18/h4-9,17H,20H2,1-3H3. The third-order valence-corrected chi connectivity index (χ3v) is 3.98. The molecule has 0 radical (unpaired) electrons. The minimum absolute atomic E-state index is 0.303. The van der Waals surface area contributed by atoms with Gasteiger partial charge in [0.1, 0.15) is 17.2 Å². The molecule has 2 N–H and O–H groups in total. The summed E-state index contributed by atoms with van der Waals surface area (Å²) >= 11 is 0. The molecule has 0 aliphatic heterocycles. The van der Waals surface area contributed by atoms with E-state index in [0.717, 1.165) is 22.1 Å². The Balaban J connectivity index is 2.13. The van der Waals surface area contributed by atoms with Gasteiger partial charge >= 0.3 is 0 Å². The van der Waals surface area contributed by atoms with Gasteiger partial charge in [0, 0.05) is 17.0 Å². The van der Waals surface area contributed by atoms with E-state index < -0.39 is 0 Å². The quantitative estimate of drug-likeness (QED) is 0.749. The second kappa shape index (κ2) is 5.01. The first-order chi connectivity index (χ1) is 9.97. The molecule has 0 amide bonds. The van der Waals surface area contributed by atoms with E-state index in [2.05, 4.69) is 13.0 Å². The van der Waals surface area contributed by atoms with Crippen LogP contribution in [0.25, 0.3) is 11.0 Å². The lowest BCUT2D eigenvalue weighted by molar-refractivity contribution is 0.517. The summed E-state index contributed by atoms with van der Waals surface area (Å²) in [6.07, 6.45) is 0. The molecule has 0 spiro atoms. The van der Waals surface area contributed by atoms with Crippen LogP contribution in [-0.4, -0.2) is 0 Å². The minimum Gasteiger partial charge on any atom is -0.459 e. The number of fused-ring (bicyclic) bond motifs is 1. The highest BCUT2D eigenvalue weighted by molar-refractivity contribution is 5.82. The predicted octanol–water partition coefficient (Wildman–Crippen LogP) is 4.55. The third-order valence-electron chi connectivity index (χ3n) is 3.98. The van der Waals surface area contributed by atoms with Crippen LogP contribution in [-0.2, 0) is 0 Å². The smallest absolute Gasteiger partial charge is 0.137 e. The summed E-state index contributed by atoms with van der Waals surface area (Å²) in [5.41, 5.74) is 11.3. The second-order valence-corrected chi connectivity index (χ2v) is 5.57. The molecule has 0 aliphatic rings. The molecule has 0 saturated heterocycles. The minimum atomic E-state index is -0.346. The van der Waals surface area contributed by atoms with Gasteiger partial charge in [-0.05, 0) is 44.0 Å². The van der Waals surface area contributed by atoms with Crippen LogP contribution in [0.15, 0.2) is 40.8 Å². The van der Waals surface area contributed by atoms with Crippen LogP contribution < -0.4 is 5.73 Å². The van der Waals surface area contributed by atoms with Crippen molar-refractivity contribution in [1.82, 2.24) is 0 Å². The molecule has 3 aromatic rings. The third kappa shape index (κ3) is 2.34. The summed E-state index contributed by atoms with van der Waals surface area (Å²) in [7, 11) is 0. The zero-order valence-corrected chi connectivity index (χ0v) is 12.4. The van der Waals surface area contributed by atoms with Crippen molar-refractivity contribution in [2.75, 3.05) is 0 Å². The van der Waals surface area contributed by atoms with E-state index in [1.165, 1.54) is 17.7 Å². The first-order valence-corrected chi connectivity index (χ1v) is 6.98. The summed E-state index contributed by atoms with van der Waals surface area (Å²) in [4.78, 5) is 0. The number of hydrogen-bond acceptors (Lipinski definition) is 2. The Morgan fingerprint density at radius 3 is 2.52 bits per heavy atom. The van der Waals surface area contributed by atoms with Crippen molar-refractivity contribution in [3.8, 4) is 0 Å². The maximum Gasteiger partial charge on any atom is 0.137 e. The van der Waals surface area contributed by atoms with Gasteiger partial charge in [0.05, 0.1) is 6.04 Å². The fourth-order valence-corrected chi connectivity index (χ4v) is 2.83. The molecule has 1 heterocycles. The molecule has 3 rings (SSSR count). The molecule has 1 aromatic heterocycles. The maximum absolute atomic E-state index is 13.3. The number of hydrogen-bond donors (Lipinski definition) is 1. The Kier molecular flexibility index (Phi) is 3.30. The number of aryl methyl sites for hydroxylation is 3. The van der Waals surface area contributed by atoms with Crippen molar-refractivity contribution in [3.63, 3.8) is 0 Å². The molecule has 0 aliphatic carbocycles. The van der Waals surface area contributed by atoms with Crippen molar-refractivity contribution in [2.24, 2.45) is 5.73 Å². The van der Waals surface area contributed by atoms with Gasteiger partial charge in [-0.2, -0.15) is 0 Å². The Hall–Kier alpha value is -2.13. The van der Waals surface area contributed by atoms with Crippen LogP contribution in [0.2, 0.25) is 0 Å². The molecule has 0 bridgehead atoms. The summed E-state index contributed by atoms with van der Waals surface area (Å²) in [6.45, 7) is 6.06. The van der Waals surface area contributed by atoms with Gasteiger partial charge < -0.3 is 10.2 Å². The Labute approximate surface area is 123 Å². The molecular weight excluding hydrogens is 265 g/mol. The lowest BCUT2D eigenvalue weighted by atomic mass is 9.96. The monoisotopic (exact) mass is 283 g/mol. The van der Waals surface area contributed by atoms with Gasteiger partial charge in [0.15, 0.2) is 0 Å². The summed E-state index contributed by atoms with van der Waals surface area (Å²) < 4.78 is 19.1. The average molecular weight is 283 g/mol. The van der Waals surface area contributed by atoms with E-state index in [1.807, 2.05) is 26.0 Å². The molecule has 21 heavy (non-hydrogen) atoms. The largest absolute Gasteiger partial charge is 0.459 e. The maximum atomic E-state index is 13.3.